The lowest BCUT2D eigenvalue weighted by molar-refractivity contribution is -0.384. The van der Waals surface area contributed by atoms with Gasteiger partial charge in [0.25, 0.3) is 11.6 Å². The predicted octanol–water partition coefficient (Wildman–Crippen LogP) is 2.70. The van der Waals surface area contributed by atoms with E-state index < -0.39 is 4.92 Å². The molecule has 2 aromatic carbocycles. The van der Waals surface area contributed by atoms with Gasteiger partial charge in [0.2, 0.25) is 0 Å². The lowest BCUT2D eigenvalue weighted by Crippen LogP contribution is -2.36. The van der Waals surface area contributed by atoms with Gasteiger partial charge in [-0.05, 0) is 24.3 Å². The van der Waals surface area contributed by atoms with Crippen LogP contribution in [0.1, 0.15) is 10.4 Å². The number of morpholine rings is 1. The first-order valence-corrected chi connectivity index (χ1v) is 8.68. The minimum absolute atomic E-state index is 0.0365. The predicted molar refractivity (Wildman–Crippen MR) is 104 cm³/mol. The number of nitrogens with one attached hydrogen (secondary N) is 1. The lowest BCUT2D eigenvalue weighted by Gasteiger charge is -2.30. The molecule has 1 heterocycles. The molecule has 1 saturated heterocycles. The van der Waals surface area contributed by atoms with E-state index in [1.807, 2.05) is 4.90 Å². The van der Waals surface area contributed by atoms with Crippen molar-refractivity contribution >= 4 is 23.0 Å². The van der Waals surface area contributed by atoms with Crippen molar-refractivity contribution in [2.75, 3.05) is 50.7 Å². The van der Waals surface area contributed by atoms with Gasteiger partial charge in [0, 0.05) is 30.8 Å². The van der Waals surface area contributed by atoms with Gasteiger partial charge in [-0.3, -0.25) is 14.9 Å². The zero-order valence-corrected chi connectivity index (χ0v) is 15.6. The van der Waals surface area contributed by atoms with Crippen molar-refractivity contribution in [1.29, 1.82) is 0 Å². The molecule has 0 spiro atoms. The van der Waals surface area contributed by atoms with E-state index in [-0.39, 0.29) is 11.6 Å². The third-order valence-electron chi connectivity index (χ3n) is 4.44. The highest BCUT2D eigenvalue weighted by Crippen LogP contribution is 2.32. The SMILES string of the molecule is COc1ccc(C(=O)Nc2ccc([N+](=O)[O-])cc2N2CCOCC2)cc1OC. The zero-order valence-electron chi connectivity index (χ0n) is 15.6. The van der Waals surface area contributed by atoms with Crippen molar-refractivity contribution in [3.05, 3.63) is 52.1 Å². The number of non-ortho nitro benzene ring substituents is 1. The Kier molecular flexibility index (Phi) is 5.95. The fourth-order valence-corrected chi connectivity index (χ4v) is 2.98. The third-order valence-corrected chi connectivity index (χ3v) is 4.44. The molecular weight excluding hydrogens is 366 g/mol. The number of rotatable bonds is 6. The highest BCUT2D eigenvalue weighted by Gasteiger charge is 2.20. The Morgan fingerprint density at radius 2 is 1.82 bits per heavy atom. The molecule has 0 aliphatic carbocycles. The molecule has 1 aliphatic rings. The molecule has 0 saturated carbocycles. The third kappa shape index (κ3) is 4.15. The van der Waals surface area contributed by atoms with Crippen LogP contribution < -0.4 is 19.7 Å². The van der Waals surface area contributed by atoms with Gasteiger partial charge >= 0.3 is 0 Å². The molecule has 1 fully saturated rings. The van der Waals surface area contributed by atoms with Gasteiger partial charge in [0.1, 0.15) is 0 Å². The van der Waals surface area contributed by atoms with Crippen molar-refractivity contribution in [3.63, 3.8) is 0 Å². The molecule has 3 rings (SSSR count). The van der Waals surface area contributed by atoms with E-state index in [2.05, 4.69) is 5.32 Å². The topological polar surface area (TPSA) is 103 Å². The molecule has 0 unspecified atom stereocenters. The molecule has 28 heavy (non-hydrogen) atoms. The van der Waals surface area contributed by atoms with Gasteiger partial charge in [-0.2, -0.15) is 0 Å². The molecule has 0 atom stereocenters. The molecule has 1 aliphatic heterocycles. The summed E-state index contributed by atoms with van der Waals surface area (Å²) in [5.41, 5.74) is 1.42. The molecule has 0 bridgehead atoms. The summed E-state index contributed by atoms with van der Waals surface area (Å²) >= 11 is 0. The fraction of sp³-hybridized carbons (Fsp3) is 0.316. The summed E-state index contributed by atoms with van der Waals surface area (Å²) in [6.45, 7) is 2.21. The summed E-state index contributed by atoms with van der Waals surface area (Å²) in [5, 5.41) is 14.0. The van der Waals surface area contributed by atoms with Gasteiger partial charge in [-0.1, -0.05) is 0 Å². The summed E-state index contributed by atoms with van der Waals surface area (Å²) < 4.78 is 15.8. The number of carbonyl (C=O) groups is 1. The number of nitrogens with zero attached hydrogens (tertiary/aromatic N) is 2. The molecule has 1 N–H and O–H groups in total. The smallest absolute Gasteiger partial charge is 0.271 e. The average Bonchev–Trinajstić information content (AvgIpc) is 2.73. The largest absolute Gasteiger partial charge is 0.493 e. The first-order valence-electron chi connectivity index (χ1n) is 8.68. The van der Waals surface area contributed by atoms with Crippen LogP contribution in [0.2, 0.25) is 0 Å². The fourth-order valence-electron chi connectivity index (χ4n) is 2.98. The van der Waals surface area contributed by atoms with E-state index in [4.69, 9.17) is 14.2 Å². The number of amides is 1. The molecule has 0 aromatic heterocycles. The van der Waals surface area contributed by atoms with Crippen molar-refractivity contribution in [2.45, 2.75) is 0 Å². The normalized spacial score (nSPS) is 13.7. The lowest BCUT2D eigenvalue weighted by atomic mass is 10.1. The number of nitro benzene ring substituents is 1. The Labute approximate surface area is 162 Å². The summed E-state index contributed by atoms with van der Waals surface area (Å²) in [6.07, 6.45) is 0. The maximum Gasteiger partial charge on any atom is 0.271 e. The minimum Gasteiger partial charge on any atom is -0.493 e. The van der Waals surface area contributed by atoms with Gasteiger partial charge in [-0.15, -0.1) is 0 Å². The van der Waals surface area contributed by atoms with Crippen LogP contribution in [0.4, 0.5) is 17.1 Å². The monoisotopic (exact) mass is 387 g/mol. The standard InChI is InChI=1S/C19H21N3O6/c1-26-17-6-3-13(11-18(17)27-2)19(23)20-15-5-4-14(22(24)25)12-16(15)21-7-9-28-10-8-21/h3-6,11-12H,7-10H2,1-2H3,(H,20,23). The Morgan fingerprint density at radius 1 is 1.11 bits per heavy atom. The van der Waals surface area contributed by atoms with E-state index in [9.17, 15) is 14.9 Å². The van der Waals surface area contributed by atoms with Crippen LogP contribution in [0.3, 0.4) is 0 Å². The number of anilines is 2. The van der Waals surface area contributed by atoms with Crippen LogP contribution in [0.5, 0.6) is 11.5 Å². The summed E-state index contributed by atoms with van der Waals surface area (Å²) in [5.74, 6) is 0.597. The number of ether oxygens (including phenoxy) is 3. The van der Waals surface area contributed by atoms with Crippen molar-refractivity contribution in [3.8, 4) is 11.5 Å². The van der Waals surface area contributed by atoms with Crippen molar-refractivity contribution < 1.29 is 23.9 Å². The quantitative estimate of drug-likeness (QED) is 0.600. The van der Waals surface area contributed by atoms with Crippen LogP contribution in [-0.4, -0.2) is 51.4 Å². The van der Waals surface area contributed by atoms with Crippen LogP contribution in [-0.2, 0) is 4.74 Å². The van der Waals surface area contributed by atoms with E-state index in [0.29, 0.717) is 54.7 Å². The number of hydrogen-bond donors (Lipinski definition) is 1. The summed E-state index contributed by atoms with van der Waals surface area (Å²) in [7, 11) is 3.01. The molecule has 9 nitrogen and oxygen atoms in total. The van der Waals surface area contributed by atoms with E-state index >= 15 is 0 Å². The molecule has 1 amide bonds. The van der Waals surface area contributed by atoms with E-state index in [1.54, 1.807) is 24.3 Å². The molecule has 2 aromatic rings. The van der Waals surface area contributed by atoms with Crippen LogP contribution in [0, 0.1) is 10.1 Å². The Bertz CT molecular complexity index is 880. The molecular formula is C19H21N3O6. The first-order chi connectivity index (χ1) is 13.5. The highest BCUT2D eigenvalue weighted by atomic mass is 16.6. The summed E-state index contributed by atoms with van der Waals surface area (Å²) in [6, 6.07) is 9.22. The number of benzene rings is 2. The molecule has 148 valence electrons. The first kappa shape index (κ1) is 19.4. The number of nitro groups is 1. The Balaban J connectivity index is 1.90. The van der Waals surface area contributed by atoms with Crippen LogP contribution in [0.15, 0.2) is 36.4 Å². The van der Waals surface area contributed by atoms with Crippen LogP contribution in [0.25, 0.3) is 0 Å². The molecule has 0 radical (unpaired) electrons. The second-order valence-electron chi connectivity index (χ2n) is 6.08. The van der Waals surface area contributed by atoms with Gasteiger partial charge in [0.05, 0.1) is 43.7 Å². The number of hydrogen-bond acceptors (Lipinski definition) is 7. The van der Waals surface area contributed by atoms with Crippen molar-refractivity contribution in [2.24, 2.45) is 0 Å². The zero-order chi connectivity index (χ0) is 20.1. The van der Waals surface area contributed by atoms with Gasteiger partial charge < -0.3 is 24.4 Å². The van der Waals surface area contributed by atoms with Gasteiger partial charge in [0.15, 0.2) is 11.5 Å². The molecule has 9 heteroatoms. The Morgan fingerprint density at radius 3 is 2.46 bits per heavy atom. The van der Waals surface area contributed by atoms with E-state index in [1.165, 1.54) is 26.4 Å². The second-order valence-corrected chi connectivity index (χ2v) is 6.08. The maximum atomic E-state index is 12.8. The second kappa shape index (κ2) is 8.57. The van der Waals surface area contributed by atoms with E-state index in [0.717, 1.165) is 0 Å². The summed E-state index contributed by atoms with van der Waals surface area (Å²) in [4.78, 5) is 25.4. The van der Waals surface area contributed by atoms with Gasteiger partial charge in [-0.25, -0.2) is 0 Å². The number of carbonyl (C=O) groups excluding carboxylic acids is 1. The minimum atomic E-state index is -0.454. The van der Waals surface area contributed by atoms with Crippen LogP contribution >= 0.6 is 0 Å². The Hall–Kier alpha value is -3.33. The highest BCUT2D eigenvalue weighted by molar-refractivity contribution is 6.06. The number of methoxy groups -OCH3 is 2. The maximum absolute atomic E-state index is 12.8. The average molecular weight is 387 g/mol. The van der Waals surface area contributed by atoms with Crippen molar-refractivity contribution in [1.82, 2.24) is 0 Å².